The summed E-state index contributed by atoms with van der Waals surface area (Å²) >= 11 is 0. The first-order chi connectivity index (χ1) is 6.20. The molecule has 1 heterocycles. The van der Waals surface area contributed by atoms with Gasteiger partial charge in [-0.3, -0.25) is 0 Å². The van der Waals surface area contributed by atoms with Crippen LogP contribution in [-0.4, -0.2) is 35.5 Å². The molecule has 0 saturated carbocycles. The van der Waals surface area contributed by atoms with Gasteiger partial charge < -0.3 is 19.7 Å². The third kappa shape index (κ3) is 1.92. The molecule has 0 fully saturated rings. The van der Waals surface area contributed by atoms with Gasteiger partial charge in [-0.15, -0.1) is 0 Å². The Bertz CT molecular complexity index is 233. The van der Waals surface area contributed by atoms with Crippen LogP contribution in [0, 0.1) is 0 Å². The highest BCUT2D eigenvalue weighted by Gasteiger charge is 2.35. The molecule has 1 aliphatic rings. The van der Waals surface area contributed by atoms with Gasteiger partial charge in [-0.25, -0.2) is 4.79 Å². The topological polar surface area (TPSA) is 76.0 Å². The molecule has 5 heteroatoms. The van der Waals surface area contributed by atoms with Crippen molar-refractivity contribution in [3.8, 4) is 0 Å². The zero-order valence-corrected chi connectivity index (χ0v) is 7.32. The number of carbonyl (C=O) groups is 1. The van der Waals surface area contributed by atoms with Crippen LogP contribution in [0.1, 0.15) is 13.3 Å². The van der Waals surface area contributed by atoms with Crippen LogP contribution in [0.4, 0.5) is 0 Å². The number of hydrogen-bond donors (Lipinski definition) is 2. The van der Waals surface area contributed by atoms with Gasteiger partial charge >= 0.3 is 5.97 Å². The van der Waals surface area contributed by atoms with E-state index in [-0.39, 0.29) is 18.8 Å². The van der Waals surface area contributed by atoms with Gasteiger partial charge in [-0.1, -0.05) is 0 Å². The highest BCUT2D eigenvalue weighted by atomic mass is 16.6. The van der Waals surface area contributed by atoms with Gasteiger partial charge in [0.15, 0.2) is 11.9 Å². The summed E-state index contributed by atoms with van der Waals surface area (Å²) in [6, 6.07) is 0. The van der Waals surface area contributed by atoms with E-state index in [9.17, 15) is 9.90 Å². The number of carbonyl (C=O) groups excluding carboxylic acids is 1. The maximum Gasteiger partial charge on any atom is 0.377 e. The summed E-state index contributed by atoms with van der Waals surface area (Å²) in [5, 5.41) is 17.8. The van der Waals surface area contributed by atoms with Crippen LogP contribution in [0.15, 0.2) is 11.5 Å². The van der Waals surface area contributed by atoms with Gasteiger partial charge in [0, 0.05) is 13.0 Å². The molecule has 0 radical (unpaired) electrons. The average Bonchev–Trinajstić information content (AvgIpc) is 2.34. The van der Waals surface area contributed by atoms with E-state index in [0.717, 1.165) is 0 Å². The van der Waals surface area contributed by atoms with E-state index in [1.165, 1.54) is 0 Å². The van der Waals surface area contributed by atoms with E-state index in [1.807, 2.05) is 0 Å². The van der Waals surface area contributed by atoms with Crippen LogP contribution in [0.5, 0.6) is 0 Å². The lowest BCUT2D eigenvalue weighted by Crippen LogP contribution is -2.15. The predicted octanol–water partition coefficient (Wildman–Crippen LogP) is 0.100. The number of esters is 1. The van der Waals surface area contributed by atoms with E-state index in [2.05, 4.69) is 0 Å². The second kappa shape index (κ2) is 4.13. The Morgan fingerprint density at radius 2 is 2.31 bits per heavy atom. The van der Waals surface area contributed by atoms with E-state index < -0.39 is 17.8 Å². The fourth-order valence-electron chi connectivity index (χ4n) is 1.12. The van der Waals surface area contributed by atoms with Gasteiger partial charge in [0.2, 0.25) is 5.76 Å². The SMILES string of the molecule is CCOC1=C(O)C(=O)OC1CCO. The molecule has 1 aliphatic heterocycles. The Hall–Kier alpha value is -1.23. The van der Waals surface area contributed by atoms with E-state index >= 15 is 0 Å². The molecule has 5 nitrogen and oxygen atoms in total. The van der Waals surface area contributed by atoms with Crippen molar-refractivity contribution in [3.63, 3.8) is 0 Å². The lowest BCUT2D eigenvalue weighted by molar-refractivity contribution is -0.142. The molecule has 0 amide bonds. The van der Waals surface area contributed by atoms with Crippen LogP contribution >= 0.6 is 0 Å². The molecule has 1 rings (SSSR count). The lowest BCUT2D eigenvalue weighted by atomic mass is 10.2. The molecule has 74 valence electrons. The molecule has 2 N–H and O–H groups in total. The Balaban J connectivity index is 2.73. The third-order valence-electron chi connectivity index (χ3n) is 1.66. The first kappa shape index (κ1) is 9.85. The molecule has 0 aromatic heterocycles. The summed E-state index contributed by atoms with van der Waals surface area (Å²) in [5.41, 5.74) is 0. The van der Waals surface area contributed by atoms with E-state index in [1.54, 1.807) is 6.92 Å². The van der Waals surface area contributed by atoms with Crippen LogP contribution in [0.25, 0.3) is 0 Å². The van der Waals surface area contributed by atoms with Gasteiger partial charge in [0.05, 0.1) is 6.61 Å². The summed E-state index contributed by atoms with van der Waals surface area (Å²) in [5.74, 6) is -1.15. The van der Waals surface area contributed by atoms with Crippen molar-refractivity contribution in [1.82, 2.24) is 0 Å². The van der Waals surface area contributed by atoms with E-state index in [0.29, 0.717) is 6.61 Å². The minimum Gasteiger partial charge on any atom is -0.499 e. The average molecular weight is 188 g/mol. The normalized spacial score (nSPS) is 22.0. The summed E-state index contributed by atoms with van der Waals surface area (Å²) < 4.78 is 9.75. The van der Waals surface area contributed by atoms with Crippen molar-refractivity contribution in [1.29, 1.82) is 0 Å². The summed E-state index contributed by atoms with van der Waals surface area (Å²) in [6.07, 6.45) is -0.400. The molecule has 1 unspecified atom stereocenters. The molecule has 0 aromatic rings. The fraction of sp³-hybridized carbons (Fsp3) is 0.625. The van der Waals surface area contributed by atoms with Crippen molar-refractivity contribution in [2.45, 2.75) is 19.4 Å². The lowest BCUT2D eigenvalue weighted by Gasteiger charge is -2.11. The van der Waals surface area contributed by atoms with Crippen LogP contribution in [0.2, 0.25) is 0 Å². The minimum atomic E-state index is -0.790. The Kier molecular flexibility index (Phi) is 3.13. The minimum absolute atomic E-state index is 0.123. The first-order valence-corrected chi connectivity index (χ1v) is 4.08. The molecular weight excluding hydrogens is 176 g/mol. The van der Waals surface area contributed by atoms with Gasteiger partial charge in [0.1, 0.15) is 0 Å². The zero-order valence-electron chi connectivity index (χ0n) is 7.32. The third-order valence-corrected chi connectivity index (χ3v) is 1.66. The number of ether oxygens (including phenoxy) is 2. The van der Waals surface area contributed by atoms with Crippen molar-refractivity contribution in [2.24, 2.45) is 0 Å². The largest absolute Gasteiger partial charge is 0.499 e. The zero-order chi connectivity index (χ0) is 9.84. The number of aliphatic hydroxyl groups is 2. The van der Waals surface area contributed by atoms with Gasteiger partial charge in [-0.05, 0) is 6.92 Å². The smallest absolute Gasteiger partial charge is 0.377 e. The Labute approximate surface area is 75.6 Å². The molecule has 13 heavy (non-hydrogen) atoms. The van der Waals surface area contributed by atoms with Crippen molar-refractivity contribution >= 4 is 5.97 Å². The highest BCUT2D eigenvalue weighted by molar-refractivity contribution is 5.89. The number of hydrogen-bond acceptors (Lipinski definition) is 5. The molecule has 0 aromatic carbocycles. The van der Waals surface area contributed by atoms with Gasteiger partial charge in [0.25, 0.3) is 0 Å². The molecule has 0 aliphatic carbocycles. The second-order valence-corrected chi connectivity index (χ2v) is 2.55. The summed E-state index contributed by atoms with van der Waals surface area (Å²) in [4.78, 5) is 10.9. The van der Waals surface area contributed by atoms with Crippen molar-refractivity contribution < 1.29 is 24.5 Å². The standard InChI is InChI=1S/C8H12O5/c1-2-12-7-5(3-4-9)13-8(11)6(7)10/h5,9-10H,2-4H2,1H3. The van der Waals surface area contributed by atoms with E-state index in [4.69, 9.17) is 14.6 Å². The predicted molar refractivity (Wildman–Crippen MR) is 42.9 cm³/mol. The quantitative estimate of drug-likeness (QED) is 0.612. The second-order valence-electron chi connectivity index (χ2n) is 2.55. The molecule has 0 saturated heterocycles. The molecule has 1 atom stereocenters. The van der Waals surface area contributed by atoms with Crippen molar-refractivity contribution in [2.75, 3.05) is 13.2 Å². The summed E-state index contributed by atoms with van der Waals surface area (Å²) in [6.45, 7) is 1.96. The maximum atomic E-state index is 10.9. The number of cyclic esters (lactones) is 1. The molecule has 0 bridgehead atoms. The molecular formula is C8H12O5. The summed E-state index contributed by atoms with van der Waals surface area (Å²) in [7, 11) is 0. The maximum absolute atomic E-state index is 10.9. The van der Waals surface area contributed by atoms with Gasteiger partial charge in [-0.2, -0.15) is 0 Å². The van der Waals surface area contributed by atoms with Crippen LogP contribution in [-0.2, 0) is 14.3 Å². The number of aliphatic hydroxyl groups excluding tert-OH is 2. The first-order valence-electron chi connectivity index (χ1n) is 4.08. The Morgan fingerprint density at radius 1 is 1.62 bits per heavy atom. The van der Waals surface area contributed by atoms with Crippen LogP contribution in [0.3, 0.4) is 0 Å². The van der Waals surface area contributed by atoms with Crippen molar-refractivity contribution in [3.05, 3.63) is 11.5 Å². The van der Waals surface area contributed by atoms with Crippen LogP contribution < -0.4 is 0 Å². The fourth-order valence-corrected chi connectivity index (χ4v) is 1.12. The Morgan fingerprint density at radius 3 is 2.85 bits per heavy atom. The molecule has 0 spiro atoms. The highest BCUT2D eigenvalue weighted by Crippen LogP contribution is 2.23. The number of rotatable bonds is 4. The monoisotopic (exact) mass is 188 g/mol.